The Morgan fingerprint density at radius 1 is 0.680 bits per heavy atom. The molecule has 0 saturated carbocycles. The molecular formula is C23H19NO. The summed E-state index contributed by atoms with van der Waals surface area (Å²) < 4.78 is 0. The maximum atomic E-state index is 10.2. The molecule has 0 bridgehead atoms. The van der Waals surface area contributed by atoms with Crippen molar-refractivity contribution in [2.75, 3.05) is 0 Å². The number of fused-ring (bicyclic) bond motifs is 1. The van der Waals surface area contributed by atoms with Crippen LogP contribution in [-0.2, 0) is 12.8 Å². The van der Waals surface area contributed by atoms with Crippen LogP contribution in [0.3, 0.4) is 0 Å². The standard InChI is InChI=1S/C23H19NO/c25-22-13-7-12-19-16-20(14-17-8-3-1-4-9-17)21(24-23(19)22)15-18-10-5-2-6-11-18/h1-13,16,25H,14-15H2. The van der Waals surface area contributed by atoms with Gasteiger partial charge in [0, 0.05) is 17.5 Å². The van der Waals surface area contributed by atoms with Gasteiger partial charge in [0.15, 0.2) is 0 Å². The summed E-state index contributed by atoms with van der Waals surface area (Å²) in [5.74, 6) is 0.234. The van der Waals surface area contributed by atoms with Crippen molar-refractivity contribution < 1.29 is 5.11 Å². The predicted molar refractivity (Wildman–Crippen MR) is 102 cm³/mol. The van der Waals surface area contributed by atoms with Crippen molar-refractivity contribution in [3.63, 3.8) is 0 Å². The molecule has 0 fully saturated rings. The molecule has 25 heavy (non-hydrogen) atoms. The number of pyridine rings is 1. The van der Waals surface area contributed by atoms with Gasteiger partial charge in [-0.1, -0.05) is 72.8 Å². The van der Waals surface area contributed by atoms with E-state index >= 15 is 0 Å². The largest absolute Gasteiger partial charge is 0.506 e. The number of hydrogen-bond donors (Lipinski definition) is 1. The van der Waals surface area contributed by atoms with Gasteiger partial charge in [-0.3, -0.25) is 0 Å². The number of nitrogens with zero attached hydrogens (tertiary/aromatic N) is 1. The van der Waals surface area contributed by atoms with Gasteiger partial charge in [-0.25, -0.2) is 4.98 Å². The van der Waals surface area contributed by atoms with E-state index in [0.29, 0.717) is 5.52 Å². The Kier molecular flexibility index (Phi) is 4.17. The number of benzene rings is 3. The number of phenols is 1. The minimum Gasteiger partial charge on any atom is -0.506 e. The molecule has 0 unspecified atom stereocenters. The molecule has 0 saturated heterocycles. The molecule has 4 rings (SSSR count). The van der Waals surface area contributed by atoms with E-state index in [1.54, 1.807) is 6.07 Å². The second-order valence-corrected chi connectivity index (χ2v) is 6.27. The molecule has 2 nitrogen and oxygen atoms in total. The first-order valence-electron chi connectivity index (χ1n) is 8.48. The van der Waals surface area contributed by atoms with E-state index in [-0.39, 0.29) is 5.75 Å². The third-order valence-electron chi connectivity index (χ3n) is 4.44. The Hall–Kier alpha value is -3.13. The van der Waals surface area contributed by atoms with Crippen LogP contribution < -0.4 is 0 Å². The molecular weight excluding hydrogens is 306 g/mol. The van der Waals surface area contributed by atoms with Crippen LogP contribution in [0.2, 0.25) is 0 Å². The Labute approximate surface area is 147 Å². The molecule has 0 aliphatic carbocycles. The van der Waals surface area contributed by atoms with Crippen LogP contribution in [0.5, 0.6) is 5.75 Å². The van der Waals surface area contributed by atoms with Crippen LogP contribution in [0.1, 0.15) is 22.4 Å². The lowest BCUT2D eigenvalue weighted by Crippen LogP contribution is -2.01. The van der Waals surface area contributed by atoms with Crippen LogP contribution in [0, 0.1) is 0 Å². The summed E-state index contributed by atoms with van der Waals surface area (Å²) in [6.07, 6.45) is 1.59. The lowest BCUT2D eigenvalue weighted by molar-refractivity contribution is 0.480. The highest BCUT2D eigenvalue weighted by atomic mass is 16.3. The third kappa shape index (κ3) is 3.38. The lowest BCUT2D eigenvalue weighted by atomic mass is 9.97. The zero-order valence-corrected chi connectivity index (χ0v) is 13.9. The highest BCUT2D eigenvalue weighted by Crippen LogP contribution is 2.27. The molecule has 0 aliphatic heterocycles. The summed E-state index contributed by atoms with van der Waals surface area (Å²) in [5, 5.41) is 11.2. The summed E-state index contributed by atoms with van der Waals surface area (Å²) in [6, 6.07) is 28.5. The van der Waals surface area contributed by atoms with Crippen LogP contribution in [0.25, 0.3) is 10.9 Å². The van der Waals surface area contributed by atoms with Crippen LogP contribution in [-0.4, -0.2) is 10.1 Å². The summed E-state index contributed by atoms with van der Waals surface area (Å²) in [4.78, 5) is 4.82. The normalized spacial score (nSPS) is 10.9. The van der Waals surface area contributed by atoms with Crippen molar-refractivity contribution >= 4 is 10.9 Å². The van der Waals surface area contributed by atoms with Gasteiger partial charge >= 0.3 is 0 Å². The smallest absolute Gasteiger partial charge is 0.141 e. The zero-order chi connectivity index (χ0) is 17.1. The fourth-order valence-corrected chi connectivity index (χ4v) is 3.18. The van der Waals surface area contributed by atoms with Crippen molar-refractivity contribution in [2.45, 2.75) is 12.8 Å². The Morgan fingerprint density at radius 3 is 2.00 bits per heavy atom. The number of phenolic OH excluding ortho intramolecular Hbond substituents is 1. The fraction of sp³-hybridized carbons (Fsp3) is 0.0870. The fourth-order valence-electron chi connectivity index (χ4n) is 3.18. The summed E-state index contributed by atoms with van der Waals surface area (Å²) in [6.45, 7) is 0. The number of aromatic nitrogens is 1. The Balaban J connectivity index is 1.82. The first-order valence-corrected chi connectivity index (χ1v) is 8.48. The molecule has 4 aromatic rings. The Bertz CT molecular complexity index is 994. The minimum absolute atomic E-state index is 0.234. The van der Waals surface area contributed by atoms with Crippen molar-refractivity contribution in [1.29, 1.82) is 0 Å². The van der Waals surface area contributed by atoms with Gasteiger partial charge in [-0.15, -0.1) is 0 Å². The molecule has 2 heteroatoms. The molecule has 1 N–H and O–H groups in total. The molecule has 0 spiro atoms. The van der Waals surface area contributed by atoms with Gasteiger partial charge in [-0.2, -0.15) is 0 Å². The highest BCUT2D eigenvalue weighted by Gasteiger charge is 2.11. The second kappa shape index (κ2) is 6.78. The Morgan fingerprint density at radius 2 is 1.32 bits per heavy atom. The number of hydrogen-bond acceptors (Lipinski definition) is 2. The molecule has 1 heterocycles. The monoisotopic (exact) mass is 325 g/mol. The van der Waals surface area contributed by atoms with Gasteiger partial charge < -0.3 is 5.11 Å². The first-order chi connectivity index (χ1) is 12.3. The molecule has 1 aromatic heterocycles. The maximum absolute atomic E-state index is 10.2. The molecule has 3 aromatic carbocycles. The molecule has 0 radical (unpaired) electrons. The van der Waals surface area contributed by atoms with Crippen LogP contribution >= 0.6 is 0 Å². The third-order valence-corrected chi connectivity index (χ3v) is 4.44. The summed E-state index contributed by atoms with van der Waals surface area (Å²) in [5.41, 5.74) is 5.37. The second-order valence-electron chi connectivity index (χ2n) is 6.27. The zero-order valence-electron chi connectivity index (χ0n) is 13.9. The number of para-hydroxylation sites is 1. The van der Waals surface area contributed by atoms with E-state index in [4.69, 9.17) is 4.98 Å². The predicted octanol–water partition coefficient (Wildman–Crippen LogP) is 5.12. The molecule has 122 valence electrons. The minimum atomic E-state index is 0.234. The molecule has 0 aliphatic rings. The number of rotatable bonds is 4. The average molecular weight is 325 g/mol. The SMILES string of the molecule is Oc1cccc2cc(Cc3ccccc3)c(Cc3ccccc3)nc12. The van der Waals surface area contributed by atoms with Gasteiger partial charge in [0.1, 0.15) is 11.3 Å². The van der Waals surface area contributed by atoms with E-state index in [2.05, 4.69) is 42.5 Å². The van der Waals surface area contributed by atoms with E-state index < -0.39 is 0 Å². The van der Waals surface area contributed by atoms with E-state index in [1.807, 2.05) is 36.4 Å². The van der Waals surface area contributed by atoms with Crippen molar-refractivity contribution in [1.82, 2.24) is 4.98 Å². The average Bonchev–Trinajstić information content (AvgIpc) is 2.65. The van der Waals surface area contributed by atoms with Crippen molar-refractivity contribution in [2.24, 2.45) is 0 Å². The lowest BCUT2D eigenvalue weighted by Gasteiger charge is -2.12. The van der Waals surface area contributed by atoms with E-state index in [9.17, 15) is 5.11 Å². The quantitative estimate of drug-likeness (QED) is 0.565. The summed E-state index contributed by atoms with van der Waals surface area (Å²) in [7, 11) is 0. The van der Waals surface area contributed by atoms with Gasteiger partial charge in [-0.05, 0) is 35.2 Å². The van der Waals surface area contributed by atoms with E-state index in [1.165, 1.54) is 16.7 Å². The van der Waals surface area contributed by atoms with Crippen LogP contribution in [0.15, 0.2) is 84.9 Å². The van der Waals surface area contributed by atoms with Gasteiger partial charge in [0.05, 0.1) is 0 Å². The first kappa shape index (κ1) is 15.4. The van der Waals surface area contributed by atoms with Crippen molar-refractivity contribution in [3.8, 4) is 5.75 Å². The van der Waals surface area contributed by atoms with Crippen LogP contribution in [0.4, 0.5) is 0 Å². The van der Waals surface area contributed by atoms with E-state index in [0.717, 1.165) is 23.9 Å². The topological polar surface area (TPSA) is 33.1 Å². The molecule has 0 amide bonds. The highest BCUT2D eigenvalue weighted by molar-refractivity contribution is 5.85. The van der Waals surface area contributed by atoms with Crippen molar-refractivity contribution in [3.05, 3.63) is 107 Å². The number of aromatic hydroxyl groups is 1. The molecule has 0 atom stereocenters. The van der Waals surface area contributed by atoms with Gasteiger partial charge in [0.25, 0.3) is 0 Å². The summed E-state index contributed by atoms with van der Waals surface area (Å²) >= 11 is 0. The van der Waals surface area contributed by atoms with Gasteiger partial charge in [0.2, 0.25) is 0 Å². The maximum Gasteiger partial charge on any atom is 0.141 e.